The molecule has 0 aromatic carbocycles. The number of rotatable bonds is 56. The summed E-state index contributed by atoms with van der Waals surface area (Å²) in [6.07, 6.45) is 50.0. The summed E-state index contributed by atoms with van der Waals surface area (Å²) in [7, 11) is 0. The van der Waals surface area contributed by atoms with E-state index in [9.17, 15) is 34.5 Å². The van der Waals surface area contributed by atoms with E-state index in [1.807, 2.05) is 0 Å². The van der Waals surface area contributed by atoms with Crippen molar-refractivity contribution in [2.24, 2.45) is 0 Å². The van der Waals surface area contributed by atoms with E-state index in [1.165, 1.54) is 180 Å². The molecule has 1 rings (SSSR count). The van der Waals surface area contributed by atoms with Crippen LogP contribution >= 0.6 is 0 Å². The van der Waals surface area contributed by atoms with Gasteiger partial charge in [-0.3, -0.25) is 14.4 Å². The molecule has 12 heteroatoms. The minimum Gasteiger partial charge on any atom is -0.479 e. The van der Waals surface area contributed by atoms with Gasteiger partial charge in [0.05, 0.1) is 6.61 Å². The van der Waals surface area contributed by atoms with E-state index in [-0.39, 0.29) is 25.9 Å². The maximum Gasteiger partial charge on any atom is 0.335 e. The lowest BCUT2D eigenvalue weighted by Crippen LogP contribution is -2.61. The second-order valence-electron chi connectivity index (χ2n) is 22.4. The Kier molecular flexibility index (Phi) is 50.5. The van der Waals surface area contributed by atoms with Crippen LogP contribution in [0, 0.1) is 0 Å². The third-order valence-electron chi connectivity index (χ3n) is 15.0. The van der Waals surface area contributed by atoms with Crippen molar-refractivity contribution in [2.75, 3.05) is 13.2 Å². The highest BCUT2D eigenvalue weighted by atomic mass is 16.7. The van der Waals surface area contributed by atoms with E-state index in [0.717, 1.165) is 77.0 Å². The van der Waals surface area contributed by atoms with Crippen LogP contribution in [0.15, 0.2) is 24.3 Å². The van der Waals surface area contributed by atoms with Crippen molar-refractivity contribution < 1.29 is 58.2 Å². The zero-order chi connectivity index (χ0) is 56.1. The van der Waals surface area contributed by atoms with Crippen LogP contribution in [0.1, 0.15) is 316 Å². The number of esters is 3. The van der Waals surface area contributed by atoms with Crippen molar-refractivity contribution in [1.82, 2.24) is 0 Å². The molecular weight excluding hydrogens is 973 g/mol. The van der Waals surface area contributed by atoms with Crippen molar-refractivity contribution in [3.8, 4) is 0 Å². The molecule has 0 aromatic rings. The number of unbranched alkanes of at least 4 members (excludes halogenated alkanes) is 38. The van der Waals surface area contributed by atoms with Gasteiger partial charge in [-0.15, -0.1) is 0 Å². The Morgan fingerprint density at radius 1 is 0.416 bits per heavy atom. The van der Waals surface area contributed by atoms with Crippen LogP contribution in [0.4, 0.5) is 0 Å². The van der Waals surface area contributed by atoms with Crippen molar-refractivity contribution in [1.29, 1.82) is 0 Å². The number of carboxylic acids is 1. The van der Waals surface area contributed by atoms with E-state index >= 15 is 0 Å². The van der Waals surface area contributed by atoms with Crippen LogP contribution in [-0.4, -0.2) is 89.2 Å². The van der Waals surface area contributed by atoms with Crippen molar-refractivity contribution in [2.45, 2.75) is 353 Å². The monoisotopic (exact) mass is 1090 g/mol. The Bertz CT molecular complexity index is 1430. The standard InChI is InChI=1S/C65H118O12/c1-4-7-10-13-16-19-22-24-26-28-29-31-32-34-37-39-42-45-48-51-57(66)73-54-56(75-58(67)52-49-46-43-41-38-35-33-30-27-25-23-20-17-14-11-8-5-2)55-74-65-63(61(70)60(69)62(77-65)64(71)72)76-59(68)53-50-47-44-40-36-21-18-15-12-9-6-3/h24-27,56,60-63,65,69-70H,4-23,28-55H2,1-3H3,(H,71,72)/b26-24-,27-25-. The highest BCUT2D eigenvalue weighted by molar-refractivity contribution is 5.74. The molecule has 0 bridgehead atoms. The van der Waals surface area contributed by atoms with Gasteiger partial charge < -0.3 is 39.0 Å². The number of carbonyl (C=O) groups excluding carboxylic acids is 3. The minimum atomic E-state index is -1.90. The van der Waals surface area contributed by atoms with Crippen molar-refractivity contribution in [3.63, 3.8) is 0 Å². The first-order chi connectivity index (χ1) is 37.6. The fourth-order valence-corrected chi connectivity index (χ4v) is 10.0. The summed E-state index contributed by atoms with van der Waals surface area (Å²) in [6, 6.07) is 0. The predicted molar refractivity (Wildman–Crippen MR) is 313 cm³/mol. The smallest absolute Gasteiger partial charge is 0.335 e. The third kappa shape index (κ3) is 43.7. The molecular formula is C65H118O12. The van der Waals surface area contributed by atoms with Crippen molar-refractivity contribution >= 4 is 23.9 Å². The molecule has 6 unspecified atom stereocenters. The summed E-state index contributed by atoms with van der Waals surface area (Å²) in [5, 5.41) is 31.5. The molecule has 450 valence electrons. The predicted octanol–water partition coefficient (Wildman–Crippen LogP) is 17.0. The molecule has 3 N–H and O–H groups in total. The van der Waals surface area contributed by atoms with Crippen LogP contribution < -0.4 is 0 Å². The highest BCUT2D eigenvalue weighted by Crippen LogP contribution is 2.27. The molecule has 0 aliphatic carbocycles. The number of ether oxygens (including phenoxy) is 5. The Balaban J connectivity index is 2.63. The van der Waals surface area contributed by atoms with Crippen LogP contribution in [0.3, 0.4) is 0 Å². The van der Waals surface area contributed by atoms with Gasteiger partial charge in [0.15, 0.2) is 24.6 Å². The zero-order valence-electron chi connectivity index (χ0n) is 49.7. The average Bonchev–Trinajstić information content (AvgIpc) is 3.42. The molecule has 1 aliphatic heterocycles. The number of aliphatic carboxylic acids is 1. The van der Waals surface area contributed by atoms with Gasteiger partial charge in [-0.05, 0) is 70.6 Å². The van der Waals surface area contributed by atoms with E-state index in [0.29, 0.717) is 19.3 Å². The molecule has 1 saturated heterocycles. The van der Waals surface area contributed by atoms with Gasteiger partial charge in [0.1, 0.15) is 18.8 Å². The maximum atomic E-state index is 13.2. The molecule has 12 nitrogen and oxygen atoms in total. The van der Waals surface area contributed by atoms with Crippen LogP contribution in [0.5, 0.6) is 0 Å². The summed E-state index contributed by atoms with van der Waals surface area (Å²) >= 11 is 0. The lowest BCUT2D eigenvalue weighted by Gasteiger charge is -2.40. The van der Waals surface area contributed by atoms with Gasteiger partial charge in [-0.25, -0.2) is 4.79 Å². The number of hydrogen-bond donors (Lipinski definition) is 3. The van der Waals surface area contributed by atoms with Gasteiger partial charge >= 0.3 is 23.9 Å². The molecule has 1 fully saturated rings. The maximum absolute atomic E-state index is 13.2. The number of carboxylic acid groups (broad SMARTS) is 1. The van der Waals surface area contributed by atoms with E-state index < -0.39 is 67.3 Å². The van der Waals surface area contributed by atoms with Gasteiger partial charge in [-0.2, -0.15) is 0 Å². The largest absolute Gasteiger partial charge is 0.479 e. The topological polar surface area (TPSA) is 175 Å². The van der Waals surface area contributed by atoms with Gasteiger partial charge in [0, 0.05) is 19.3 Å². The quantitative estimate of drug-likeness (QED) is 0.0228. The Hall–Kier alpha value is -2.80. The first kappa shape index (κ1) is 72.2. The molecule has 6 atom stereocenters. The van der Waals surface area contributed by atoms with Crippen LogP contribution in [0.2, 0.25) is 0 Å². The number of carbonyl (C=O) groups is 4. The van der Waals surface area contributed by atoms with E-state index in [4.69, 9.17) is 23.7 Å². The minimum absolute atomic E-state index is 0.0658. The number of allylic oxidation sites excluding steroid dienone is 4. The third-order valence-corrected chi connectivity index (χ3v) is 15.0. The first-order valence-corrected chi connectivity index (χ1v) is 32.3. The molecule has 0 saturated carbocycles. The van der Waals surface area contributed by atoms with Gasteiger partial charge in [-0.1, -0.05) is 251 Å². The molecule has 1 heterocycles. The lowest BCUT2D eigenvalue weighted by molar-refractivity contribution is -0.301. The fraction of sp³-hybridized carbons (Fsp3) is 0.877. The Morgan fingerprint density at radius 3 is 1.10 bits per heavy atom. The second kappa shape index (κ2) is 53.8. The normalized spacial score (nSPS) is 18.1. The zero-order valence-corrected chi connectivity index (χ0v) is 49.7. The lowest BCUT2D eigenvalue weighted by atomic mass is 9.98. The van der Waals surface area contributed by atoms with Gasteiger partial charge in [0.25, 0.3) is 0 Å². The first-order valence-electron chi connectivity index (χ1n) is 32.3. The summed E-state index contributed by atoms with van der Waals surface area (Å²) in [5.74, 6) is -3.09. The Morgan fingerprint density at radius 2 is 0.740 bits per heavy atom. The molecule has 1 aliphatic rings. The SMILES string of the molecule is CCCCCCCC/C=C\CCCCCCCCCCCC(=O)OCC(COC1OC(C(=O)O)C(O)C(O)C1OC(=O)CCCCCCCCCCCCC)OC(=O)CCCCCCCCC/C=C\CCCCCCCC. The molecule has 0 spiro atoms. The van der Waals surface area contributed by atoms with Crippen LogP contribution in [-0.2, 0) is 42.9 Å². The van der Waals surface area contributed by atoms with Crippen LogP contribution in [0.25, 0.3) is 0 Å². The number of aliphatic hydroxyl groups excluding tert-OH is 2. The van der Waals surface area contributed by atoms with E-state index in [2.05, 4.69) is 45.1 Å². The molecule has 0 aromatic heterocycles. The summed E-state index contributed by atoms with van der Waals surface area (Å²) in [4.78, 5) is 51.2. The molecule has 77 heavy (non-hydrogen) atoms. The molecule has 0 radical (unpaired) electrons. The average molecular weight is 1090 g/mol. The highest BCUT2D eigenvalue weighted by Gasteiger charge is 2.50. The van der Waals surface area contributed by atoms with E-state index in [1.54, 1.807) is 0 Å². The number of aliphatic hydroxyl groups is 2. The van der Waals surface area contributed by atoms with Gasteiger partial charge in [0.2, 0.25) is 0 Å². The fourth-order valence-electron chi connectivity index (χ4n) is 10.0. The summed E-state index contributed by atoms with van der Waals surface area (Å²) < 4.78 is 28.5. The van der Waals surface area contributed by atoms with Crippen molar-refractivity contribution in [3.05, 3.63) is 24.3 Å². The molecule has 0 amide bonds. The number of hydrogen-bond acceptors (Lipinski definition) is 11. The summed E-state index contributed by atoms with van der Waals surface area (Å²) in [5.41, 5.74) is 0. The summed E-state index contributed by atoms with van der Waals surface area (Å²) in [6.45, 7) is 6.01. The second-order valence-corrected chi connectivity index (χ2v) is 22.4. The Labute approximate surface area is 470 Å².